The van der Waals surface area contributed by atoms with Crippen LogP contribution >= 0.6 is 0 Å². The minimum Gasteiger partial charge on any atom is -0.481 e. The van der Waals surface area contributed by atoms with Gasteiger partial charge in [0.15, 0.2) is 0 Å². The molecule has 0 fully saturated rings. The summed E-state index contributed by atoms with van der Waals surface area (Å²) in [5.74, 6) is -6.32. The Bertz CT molecular complexity index is 681. The lowest BCUT2D eigenvalue weighted by Crippen LogP contribution is -2.58. The number of rotatable bonds is 13. The highest BCUT2D eigenvalue weighted by molar-refractivity contribution is 5.95. The van der Waals surface area contributed by atoms with E-state index in [0.717, 1.165) is 0 Å². The van der Waals surface area contributed by atoms with E-state index in [1.54, 1.807) is 13.8 Å². The van der Waals surface area contributed by atoms with Crippen LogP contribution in [-0.4, -0.2) is 69.9 Å². The van der Waals surface area contributed by atoms with Gasteiger partial charge < -0.3 is 37.6 Å². The Morgan fingerprint density at radius 3 is 1.87 bits per heavy atom. The molecular weight excluding hydrogens is 402 g/mol. The highest BCUT2D eigenvalue weighted by atomic mass is 16.4. The average molecular weight is 431 g/mol. The Morgan fingerprint density at radius 1 is 0.867 bits per heavy atom. The van der Waals surface area contributed by atoms with Gasteiger partial charge in [-0.25, -0.2) is 0 Å². The van der Waals surface area contributed by atoms with Crippen molar-refractivity contribution in [2.45, 2.75) is 64.2 Å². The van der Waals surface area contributed by atoms with Crippen molar-refractivity contribution in [3.8, 4) is 0 Å². The van der Waals surface area contributed by atoms with Gasteiger partial charge in [-0.3, -0.25) is 28.8 Å². The van der Waals surface area contributed by atoms with Crippen LogP contribution in [-0.2, 0) is 28.8 Å². The molecule has 13 nitrogen and oxygen atoms in total. The first-order chi connectivity index (χ1) is 13.8. The molecule has 0 aliphatic rings. The van der Waals surface area contributed by atoms with E-state index < -0.39 is 78.5 Å². The van der Waals surface area contributed by atoms with E-state index in [1.807, 2.05) is 0 Å². The quantitative estimate of drug-likeness (QED) is 0.160. The predicted octanol–water partition coefficient (Wildman–Crippen LogP) is -2.73. The molecule has 0 spiro atoms. The predicted molar refractivity (Wildman–Crippen MR) is 103 cm³/mol. The van der Waals surface area contributed by atoms with Gasteiger partial charge in [0, 0.05) is 6.42 Å². The third-order valence-electron chi connectivity index (χ3n) is 4.01. The lowest BCUT2D eigenvalue weighted by Gasteiger charge is -2.26. The van der Waals surface area contributed by atoms with E-state index in [-0.39, 0.29) is 6.42 Å². The standard InChI is InChI=1S/C17H29N5O8/c1-7(2)13(16(28)20-8(3)17(29)30)22-15(27)10(4-5-12(24)25)21-14(26)9(18)6-11(19)23/h7-10,13H,4-6,18H2,1-3H3,(H2,19,23)(H,20,28)(H,21,26)(H,22,27)(H,24,25)(H,29,30). The first-order valence-corrected chi connectivity index (χ1v) is 9.15. The minimum atomic E-state index is -1.36. The molecule has 0 bridgehead atoms. The Labute approximate surface area is 172 Å². The lowest BCUT2D eigenvalue weighted by atomic mass is 10.0. The molecule has 0 radical (unpaired) electrons. The van der Waals surface area contributed by atoms with E-state index in [0.29, 0.717) is 0 Å². The van der Waals surface area contributed by atoms with Crippen LogP contribution in [0, 0.1) is 5.92 Å². The van der Waals surface area contributed by atoms with Gasteiger partial charge in [-0.15, -0.1) is 0 Å². The molecular formula is C17H29N5O8. The molecule has 9 N–H and O–H groups in total. The molecule has 0 aromatic heterocycles. The number of amides is 4. The number of nitrogens with two attached hydrogens (primary N) is 2. The molecule has 4 atom stereocenters. The number of carboxylic acids is 2. The van der Waals surface area contributed by atoms with E-state index >= 15 is 0 Å². The van der Waals surface area contributed by atoms with Gasteiger partial charge in [0.05, 0.1) is 12.5 Å². The molecule has 13 heteroatoms. The minimum absolute atomic E-state index is 0.311. The molecule has 0 aromatic rings. The highest BCUT2D eigenvalue weighted by Gasteiger charge is 2.31. The summed E-state index contributed by atoms with van der Waals surface area (Å²) in [7, 11) is 0. The van der Waals surface area contributed by atoms with Crippen LogP contribution in [0.5, 0.6) is 0 Å². The normalized spacial score (nSPS) is 14.7. The van der Waals surface area contributed by atoms with Crippen LogP contribution in [0.25, 0.3) is 0 Å². The van der Waals surface area contributed by atoms with E-state index in [4.69, 9.17) is 21.7 Å². The van der Waals surface area contributed by atoms with E-state index in [2.05, 4.69) is 16.0 Å². The fourth-order valence-electron chi connectivity index (χ4n) is 2.28. The molecule has 0 saturated heterocycles. The van der Waals surface area contributed by atoms with Crippen LogP contribution in [0.4, 0.5) is 0 Å². The largest absolute Gasteiger partial charge is 0.481 e. The molecule has 4 amide bonds. The number of hydrogen-bond acceptors (Lipinski definition) is 7. The number of primary amides is 1. The number of aliphatic carboxylic acids is 2. The highest BCUT2D eigenvalue weighted by Crippen LogP contribution is 2.06. The van der Waals surface area contributed by atoms with E-state index in [9.17, 15) is 28.8 Å². The van der Waals surface area contributed by atoms with Gasteiger partial charge >= 0.3 is 11.9 Å². The zero-order chi connectivity index (χ0) is 23.6. The monoisotopic (exact) mass is 431 g/mol. The Kier molecular flexibility index (Phi) is 11.0. The molecule has 30 heavy (non-hydrogen) atoms. The van der Waals surface area contributed by atoms with Crippen LogP contribution in [0.1, 0.15) is 40.0 Å². The molecule has 0 aliphatic carbocycles. The molecule has 170 valence electrons. The second-order valence-electron chi connectivity index (χ2n) is 7.07. The number of carbonyl (C=O) groups is 6. The number of carboxylic acid groups (broad SMARTS) is 2. The van der Waals surface area contributed by atoms with Crippen molar-refractivity contribution in [1.82, 2.24) is 16.0 Å². The summed E-state index contributed by atoms with van der Waals surface area (Å²) < 4.78 is 0. The zero-order valence-electron chi connectivity index (χ0n) is 17.0. The van der Waals surface area contributed by atoms with Crippen molar-refractivity contribution < 1.29 is 39.0 Å². The Balaban J connectivity index is 5.36. The molecule has 0 heterocycles. The van der Waals surface area contributed by atoms with Crippen LogP contribution in [0.15, 0.2) is 0 Å². The maximum atomic E-state index is 12.6. The van der Waals surface area contributed by atoms with Crippen molar-refractivity contribution in [3.05, 3.63) is 0 Å². The second kappa shape index (κ2) is 12.4. The van der Waals surface area contributed by atoms with Gasteiger partial charge in [0.1, 0.15) is 18.1 Å². The average Bonchev–Trinajstić information content (AvgIpc) is 2.61. The second-order valence-corrected chi connectivity index (χ2v) is 7.07. The van der Waals surface area contributed by atoms with Crippen LogP contribution < -0.4 is 27.4 Å². The fourth-order valence-corrected chi connectivity index (χ4v) is 2.28. The van der Waals surface area contributed by atoms with E-state index in [1.165, 1.54) is 6.92 Å². The number of nitrogens with one attached hydrogen (secondary N) is 3. The molecule has 0 saturated carbocycles. The topological polar surface area (TPSA) is 231 Å². The third-order valence-corrected chi connectivity index (χ3v) is 4.01. The van der Waals surface area contributed by atoms with Crippen molar-refractivity contribution >= 4 is 35.6 Å². The van der Waals surface area contributed by atoms with Gasteiger partial charge in [0.2, 0.25) is 23.6 Å². The van der Waals surface area contributed by atoms with Crippen molar-refractivity contribution in [3.63, 3.8) is 0 Å². The molecule has 0 aromatic carbocycles. The molecule has 0 aliphatic heterocycles. The SMILES string of the molecule is CC(NC(=O)C(NC(=O)C(CCC(=O)O)NC(=O)C(N)CC(N)=O)C(C)C)C(=O)O. The summed E-state index contributed by atoms with van der Waals surface area (Å²) in [6.07, 6.45) is -1.27. The number of carbonyl (C=O) groups excluding carboxylic acids is 4. The van der Waals surface area contributed by atoms with Gasteiger partial charge in [-0.2, -0.15) is 0 Å². The lowest BCUT2D eigenvalue weighted by molar-refractivity contribution is -0.142. The summed E-state index contributed by atoms with van der Waals surface area (Å²) in [5, 5.41) is 24.6. The van der Waals surface area contributed by atoms with Gasteiger partial charge in [-0.1, -0.05) is 13.8 Å². The first kappa shape index (κ1) is 26.8. The zero-order valence-corrected chi connectivity index (χ0v) is 17.0. The van der Waals surface area contributed by atoms with Crippen molar-refractivity contribution in [2.24, 2.45) is 17.4 Å². The summed E-state index contributed by atoms with van der Waals surface area (Å²) in [6.45, 7) is 4.45. The Morgan fingerprint density at radius 2 is 1.43 bits per heavy atom. The summed E-state index contributed by atoms with van der Waals surface area (Å²) >= 11 is 0. The van der Waals surface area contributed by atoms with Crippen LogP contribution in [0.3, 0.4) is 0 Å². The summed E-state index contributed by atoms with van der Waals surface area (Å²) in [6, 6.07) is -5.06. The van der Waals surface area contributed by atoms with Crippen molar-refractivity contribution in [1.29, 1.82) is 0 Å². The van der Waals surface area contributed by atoms with Gasteiger partial charge in [-0.05, 0) is 19.3 Å². The fraction of sp³-hybridized carbons (Fsp3) is 0.647. The first-order valence-electron chi connectivity index (χ1n) is 9.15. The third kappa shape index (κ3) is 9.82. The number of hydrogen-bond donors (Lipinski definition) is 7. The van der Waals surface area contributed by atoms with Gasteiger partial charge in [0.25, 0.3) is 0 Å². The molecule has 0 rings (SSSR count). The summed E-state index contributed by atoms with van der Waals surface area (Å²) in [5.41, 5.74) is 10.5. The maximum absolute atomic E-state index is 12.6. The van der Waals surface area contributed by atoms with Crippen molar-refractivity contribution in [2.75, 3.05) is 0 Å². The Hall–Kier alpha value is -3.22. The maximum Gasteiger partial charge on any atom is 0.325 e. The summed E-state index contributed by atoms with van der Waals surface area (Å²) in [4.78, 5) is 69.7. The molecule has 4 unspecified atom stereocenters. The van der Waals surface area contributed by atoms with Crippen LogP contribution in [0.2, 0.25) is 0 Å². The smallest absolute Gasteiger partial charge is 0.325 e.